The van der Waals surface area contributed by atoms with Crippen LogP contribution in [0.15, 0.2) is 182 Å². The maximum Gasteiger partial charge on any atom is 0.434 e. The molecule has 0 bridgehead atoms. The third-order valence-electron chi connectivity index (χ3n) is 10.7. The van der Waals surface area contributed by atoms with Crippen molar-refractivity contribution in [3.63, 3.8) is 0 Å². The number of hydrogen-bond donors (Lipinski definition) is 0. The maximum absolute atomic E-state index is 6.93. The highest BCUT2D eigenvalue weighted by Gasteiger charge is 2.40. The Morgan fingerprint density at radius 1 is 0.385 bits per heavy atom. The summed E-state index contributed by atoms with van der Waals surface area (Å²) in [4.78, 5) is 0. The second kappa shape index (κ2) is 11.4. The number of aromatic nitrogens is 1. The van der Waals surface area contributed by atoms with Crippen LogP contribution < -0.4 is 20.3 Å². The van der Waals surface area contributed by atoms with Gasteiger partial charge in [0.2, 0.25) is 0 Å². The first-order chi connectivity index (χ1) is 25.8. The van der Waals surface area contributed by atoms with Crippen LogP contribution >= 0.6 is 0 Å². The maximum atomic E-state index is 6.93. The summed E-state index contributed by atoms with van der Waals surface area (Å²) in [7, 11) is 0. The lowest BCUT2D eigenvalue weighted by Crippen LogP contribution is -2.53. The molecule has 2 aliphatic rings. The third-order valence-corrected chi connectivity index (χ3v) is 10.7. The predicted molar refractivity (Wildman–Crippen MR) is 215 cm³/mol. The molecular weight excluding hydrogens is 633 g/mol. The molecule has 9 aromatic rings. The second-order valence-corrected chi connectivity index (χ2v) is 13.6. The van der Waals surface area contributed by atoms with E-state index in [1.165, 1.54) is 38.5 Å². The number of rotatable bonds is 4. The molecule has 3 nitrogen and oxygen atoms in total. The molecule has 3 heterocycles. The molecule has 52 heavy (non-hydrogen) atoms. The van der Waals surface area contributed by atoms with Crippen molar-refractivity contribution < 1.29 is 9.39 Å². The lowest BCUT2D eigenvalue weighted by atomic mass is 9.50. The normalized spacial score (nSPS) is 12.5. The zero-order valence-corrected chi connectivity index (χ0v) is 28.2. The van der Waals surface area contributed by atoms with Gasteiger partial charge < -0.3 is 14.0 Å². The van der Waals surface area contributed by atoms with Crippen molar-refractivity contribution >= 4 is 39.6 Å². The van der Waals surface area contributed by atoms with Gasteiger partial charge in [0, 0.05) is 32.8 Å². The van der Waals surface area contributed by atoms with Gasteiger partial charge in [-0.05, 0) is 75.8 Å². The first-order valence-corrected chi connectivity index (χ1v) is 17.8. The molecule has 0 saturated heterocycles. The summed E-state index contributed by atoms with van der Waals surface area (Å²) < 4.78 is 16.1. The van der Waals surface area contributed by atoms with Crippen LogP contribution in [0, 0.1) is 0 Å². The van der Waals surface area contributed by atoms with E-state index in [-0.39, 0.29) is 6.92 Å². The van der Waals surface area contributed by atoms with E-state index in [2.05, 4.69) is 187 Å². The van der Waals surface area contributed by atoms with Crippen LogP contribution in [-0.2, 0) is 0 Å². The minimum absolute atomic E-state index is 0.267. The SMILES string of the molecule is c1ccc(-c2ccccc2-c2ccc3c(c2)Oc2cccc4c2B3Oc2ccc(-c3ccccc3-n3c5ccccc5c5ccccc53)cc2-4)cc1. The van der Waals surface area contributed by atoms with Gasteiger partial charge in [-0.1, -0.05) is 140 Å². The van der Waals surface area contributed by atoms with E-state index in [0.717, 1.165) is 61.7 Å². The quantitative estimate of drug-likeness (QED) is 0.175. The van der Waals surface area contributed by atoms with E-state index in [0.29, 0.717) is 0 Å². The fraction of sp³-hybridized carbons (Fsp3) is 0. The summed E-state index contributed by atoms with van der Waals surface area (Å²) in [5.41, 5.74) is 14.8. The number of hydrogen-bond acceptors (Lipinski definition) is 2. The molecule has 0 aliphatic carbocycles. The smallest absolute Gasteiger partial charge is 0.434 e. The van der Waals surface area contributed by atoms with Crippen LogP contribution in [0.4, 0.5) is 0 Å². The standard InChI is InChI=1S/C48H30BNO2/c1-2-13-31(14-3-1)34-15-4-5-16-35(34)33-25-27-41-47(30-33)51-46-24-12-20-39-40-29-32(26-28-45(40)52-49(41)48(39)46)36-17-6-9-21-42(36)50-43-22-10-7-18-37(43)38-19-8-11-23-44(38)50/h1-30H. The minimum atomic E-state index is -0.267. The van der Waals surface area contributed by atoms with Crippen LogP contribution in [0.1, 0.15) is 0 Å². The first-order valence-electron chi connectivity index (χ1n) is 17.8. The van der Waals surface area contributed by atoms with E-state index in [4.69, 9.17) is 9.39 Å². The molecule has 11 rings (SSSR count). The van der Waals surface area contributed by atoms with Crippen molar-refractivity contribution in [1.82, 2.24) is 4.57 Å². The summed E-state index contributed by atoms with van der Waals surface area (Å²) in [6, 6.07) is 64.7. The van der Waals surface area contributed by atoms with E-state index in [1.54, 1.807) is 0 Å². The Balaban J connectivity index is 1.01. The average Bonchev–Trinajstić information content (AvgIpc) is 3.55. The Labute approximate surface area is 302 Å². The van der Waals surface area contributed by atoms with Crippen molar-refractivity contribution in [2.45, 2.75) is 0 Å². The number of benzene rings is 8. The summed E-state index contributed by atoms with van der Waals surface area (Å²) in [5.74, 6) is 2.54. The van der Waals surface area contributed by atoms with Crippen LogP contribution in [0.25, 0.3) is 72.0 Å². The topological polar surface area (TPSA) is 23.4 Å². The molecule has 2 aliphatic heterocycles. The monoisotopic (exact) mass is 663 g/mol. The molecule has 0 fully saturated rings. The Morgan fingerprint density at radius 2 is 1.00 bits per heavy atom. The molecular formula is C48H30BNO2. The number of para-hydroxylation sites is 3. The van der Waals surface area contributed by atoms with Gasteiger partial charge in [0.15, 0.2) is 0 Å². The summed E-state index contributed by atoms with van der Waals surface area (Å²) in [5, 5.41) is 2.50. The zero-order chi connectivity index (χ0) is 34.2. The predicted octanol–water partition coefficient (Wildman–Crippen LogP) is 11.1. The van der Waals surface area contributed by atoms with Gasteiger partial charge in [-0.2, -0.15) is 0 Å². The number of nitrogens with zero attached hydrogens (tertiary/aromatic N) is 1. The third kappa shape index (κ3) is 4.34. The fourth-order valence-corrected chi connectivity index (χ4v) is 8.38. The summed E-state index contributed by atoms with van der Waals surface area (Å²) >= 11 is 0. The largest absolute Gasteiger partial charge is 0.551 e. The van der Waals surface area contributed by atoms with E-state index < -0.39 is 0 Å². The Kier molecular flexibility index (Phi) is 6.35. The van der Waals surface area contributed by atoms with Gasteiger partial charge in [0.05, 0.1) is 16.7 Å². The number of ether oxygens (including phenoxy) is 1. The van der Waals surface area contributed by atoms with Gasteiger partial charge in [-0.15, -0.1) is 0 Å². The molecule has 0 spiro atoms. The van der Waals surface area contributed by atoms with E-state index in [1.807, 2.05) is 0 Å². The van der Waals surface area contributed by atoms with Gasteiger partial charge in [0.25, 0.3) is 0 Å². The van der Waals surface area contributed by atoms with Crippen LogP contribution in [-0.4, -0.2) is 11.5 Å². The molecule has 0 unspecified atom stereocenters. The van der Waals surface area contributed by atoms with Gasteiger partial charge in [0.1, 0.15) is 17.2 Å². The Bertz CT molecular complexity index is 2820. The average molecular weight is 664 g/mol. The molecule has 4 heteroatoms. The first kappa shape index (κ1) is 29.0. The van der Waals surface area contributed by atoms with Crippen molar-refractivity contribution in [2.75, 3.05) is 0 Å². The van der Waals surface area contributed by atoms with Crippen molar-refractivity contribution in [3.8, 4) is 67.4 Å². The van der Waals surface area contributed by atoms with Crippen LogP contribution in [0.2, 0.25) is 0 Å². The van der Waals surface area contributed by atoms with Crippen molar-refractivity contribution in [1.29, 1.82) is 0 Å². The Hall–Kier alpha value is -6.78. The molecule has 1 aromatic heterocycles. The van der Waals surface area contributed by atoms with Crippen molar-refractivity contribution in [2.24, 2.45) is 0 Å². The highest BCUT2D eigenvalue weighted by Crippen LogP contribution is 2.43. The van der Waals surface area contributed by atoms with Crippen LogP contribution in [0.3, 0.4) is 0 Å². The van der Waals surface area contributed by atoms with E-state index in [9.17, 15) is 0 Å². The molecule has 0 atom stereocenters. The Morgan fingerprint density at radius 3 is 1.79 bits per heavy atom. The highest BCUT2D eigenvalue weighted by atomic mass is 16.5. The second-order valence-electron chi connectivity index (χ2n) is 13.6. The highest BCUT2D eigenvalue weighted by molar-refractivity contribution is 6.84. The van der Waals surface area contributed by atoms with Crippen molar-refractivity contribution in [3.05, 3.63) is 182 Å². The van der Waals surface area contributed by atoms with Gasteiger partial charge in [-0.25, -0.2) is 0 Å². The lowest BCUT2D eigenvalue weighted by Gasteiger charge is -2.33. The minimum Gasteiger partial charge on any atom is -0.551 e. The lowest BCUT2D eigenvalue weighted by molar-refractivity contribution is 0.479. The molecule has 0 N–H and O–H groups in total. The summed E-state index contributed by atoms with van der Waals surface area (Å²) in [6.45, 7) is -0.267. The molecule has 242 valence electrons. The summed E-state index contributed by atoms with van der Waals surface area (Å²) in [6.07, 6.45) is 0. The molecule has 0 saturated carbocycles. The molecule has 0 radical (unpaired) electrons. The number of fused-ring (bicyclic) bond motifs is 7. The molecule has 8 aromatic carbocycles. The fourth-order valence-electron chi connectivity index (χ4n) is 8.38. The van der Waals surface area contributed by atoms with E-state index >= 15 is 0 Å². The van der Waals surface area contributed by atoms with Gasteiger partial charge in [-0.3, -0.25) is 0 Å². The zero-order valence-electron chi connectivity index (χ0n) is 28.2. The molecule has 0 amide bonds. The van der Waals surface area contributed by atoms with Crippen LogP contribution in [0.5, 0.6) is 17.2 Å². The van der Waals surface area contributed by atoms with Gasteiger partial charge >= 0.3 is 6.92 Å².